The van der Waals surface area contributed by atoms with Crippen molar-refractivity contribution in [2.75, 3.05) is 13.2 Å². The molecule has 0 heterocycles. The second-order valence-corrected chi connectivity index (χ2v) is 6.26. The van der Waals surface area contributed by atoms with Gasteiger partial charge in [-0.1, -0.05) is 38.3 Å². The van der Waals surface area contributed by atoms with Gasteiger partial charge >= 0.3 is 0 Å². The molecule has 0 N–H and O–H groups in total. The molecular weight excluding hydrogens is 365 g/mol. The molecular formula is C20H22ClF3O2. The number of halogens is 4. The van der Waals surface area contributed by atoms with Crippen molar-refractivity contribution in [3.8, 4) is 22.6 Å². The largest absolute Gasteiger partial charge is 0.490 e. The fourth-order valence-electron chi connectivity index (χ4n) is 2.36. The molecule has 26 heavy (non-hydrogen) atoms. The van der Waals surface area contributed by atoms with E-state index in [0.29, 0.717) is 13.2 Å². The summed E-state index contributed by atoms with van der Waals surface area (Å²) in [6.45, 7) is 4.61. The average Bonchev–Trinajstić information content (AvgIpc) is 2.63. The quantitative estimate of drug-likeness (QED) is 0.442. The van der Waals surface area contributed by atoms with Gasteiger partial charge in [0, 0.05) is 11.1 Å². The van der Waals surface area contributed by atoms with Gasteiger partial charge < -0.3 is 9.47 Å². The molecule has 2 nitrogen and oxygen atoms in total. The Morgan fingerprint density at radius 2 is 1.23 bits per heavy atom. The maximum Gasteiger partial charge on any atom is 0.201 e. The van der Waals surface area contributed by atoms with Crippen LogP contribution in [0.3, 0.4) is 0 Å². The number of hydrogen-bond donors (Lipinski definition) is 0. The molecule has 0 saturated carbocycles. The molecule has 0 aromatic heterocycles. The van der Waals surface area contributed by atoms with Crippen LogP contribution in [0.2, 0.25) is 5.02 Å². The van der Waals surface area contributed by atoms with Gasteiger partial charge in [0.1, 0.15) is 0 Å². The number of ether oxygens (including phenoxy) is 2. The van der Waals surface area contributed by atoms with Crippen LogP contribution < -0.4 is 9.47 Å². The Hall–Kier alpha value is -1.88. The number of benzene rings is 2. The summed E-state index contributed by atoms with van der Waals surface area (Å²) in [5, 5.41) is -0.308. The van der Waals surface area contributed by atoms with Gasteiger partial charge in [0.15, 0.2) is 23.1 Å². The molecule has 0 unspecified atom stereocenters. The summed E-state index contributed by atoms with van der Waals surface area (Å²) in [4.78, 5) is 0. The maximum atomic E-state index is 14.5. The van der Waals surface area contributed by atoms with Gasteiger partial charge in [-0.2, -0.15) is 4.39 Å². The lowest BCUT2D eigenvalue weighted by Gasteiger charge is -2.13. The smallest absolute Gasteiger partial charge is 0.201 e. The molecule has 0 radical (unpaired) electrons. The van der Waals surface area contributed by atoms with E-state index in [4.69, 9.17) is 21.1 Å². The maximum absolute atomic E-state index is 14.5. The van der Waals surface area contributed by atoms with Crippen LogP contribution in [-0.4, -0.2) is 13.2 Å². The standard InChI is InChI=1S/C20H22ClF3O2/c1-3-5-11-25-15-9-7-13(17(21)19(15)23)14-8-10-16(20(24)18(14)22)26-12-6-4-2/h7-10H,3-6,11-12H2,1-2H3. The first-order valence-electron chi connectivity index (χ1n) is 8.73. The van der Waals surface area contributed by atoms with Crippen molar-refractivity contribution in [1.82, 2.24) is 0 Å². The normalized spacial score (nSPS) is 10.8. The van der Waals surface area contributed by atoms with Crippen molar-refractivity contribution < 1.29 is 22.6 Å². The zero-order chi connectivity index (χ0) is 19.1. The van der Waals surface area contributed by atoms with E-state index in [0.717, 1.165) is 25.7 Å². The van der Waals surface area contributed by atoms with Crippen molar-refractivity contribution in [3.05, 3.63) is 46.7 Å². The van der Waals surface area contributed by atoms with E-state index in [2.05, 4.69) is 0 Å². The highest BCUT2D eigenvalue weighted by atomic mass is 35.5. The van der Waals surface area contributed by atoms with Gasteiger partial charge in [-0.3, -0.25) is 0 Å². The number of unbranched alkanes of at least 4 members (excludes halogenated alkanes) is 2. The van der Waals surface area contributed by atoms with Crippen LogP contribution in [-0.2, 0) is 0 Å². The lowest BCUT2D eigenvalue weighted by atomic mass is 10.0. The zero-order valence-electron chi connectivity index (χ0n) is 14.9. The Labute approximate surface area is 156 Å². The molecule has 0 spiro atoms. The van der Waals surface area contributed by atoms with Gasteiger partial charge in [-0.05, 0) is 37.1 Å². The molecule has 2 aromatic carbocycles. The molecule has 2 rings (SSSR count). The van der Waals surface area contributed by atoms with E-state index in [1.165, 1.54) is 24.3 Å². The number of hydrogen-bond acceptors (Lipinski definition) is 2. The van der Waals surface area contributed by atoms with Gasteiger partial charge in [-0.25, -0.2) is 8.78 Å². The minimum Gasteiger partial charge on any atom is -0.490 e. The lowest BCUT2D eigenvalue weighted by molar-refractivity contribution is 0.289. The molecule has 0 bridgehead atoms. The van der Waals surface area contributed by atoms with Crippen LogP contribution in [0.1, 0.15) is 39.5 Å². The fourth-order valence-corrected chi connectivity index (χ4v) is 2.61. The molecule has 0 aliphatic carbocycles. The van der Waals surface area contributed by atoms with E-state index >= 15 is 0 Å². The second-order valence-electron chi connectivity index (χ2n) is 5.88. The Balaban J connectivity index is 2.30. The Kier molecular flexibility index (Phi) is 7.64. The topological polar surface area (TPSA) is 18.5 Å². The summed E-state index contributed by atoms with van der Waals surface area (Å²) in [6.07, 6.45) is 3.30. The molecule has 0 fully saturated rings. The van der Waals surface area contributed by atoms with Crippen LogP contribution >= 0.6 is 11.6 Å². The first kappa shape index (κ1) is 20.4. The van der Waals surface area contributed by atoms with Gasteiger partial charge in [0.25, 0.3) is 0 Å². The highest BCUT2D eigenvalue weighted by molar-refractivity contribution is 6.33. The SMILES string of the molecule is CCCCOc1ccc(-c2ccc(OCCCC)c(F)c2Cl)c(F)c1F. The first-order chi connectivity index (χ1) is 12.5. The Morgan fingerprint density at radius 3 is 1.77 bits per heavy atom. The fraction of sp³-hybridized carbons (Fsp3) is 0.400. The van der Waals surface area contributed by atoms with Gasteiger partial charge in [-0.15, -0.1) is 0 Å². The predicted octanol–water partition coefficient (Wildman–Crippen LogP) is 6.78. The Morgan fingerprint density at radius 1 is 0.731 bits per heavy atom. The lowest BCUT2D eigenvalue weighted by Crippen LogP contribution is -2.02. The molecule has 2 aromatic rings. The third kappa shape index (κ3) is 4.64. The van der Waals surface area contributed by atoms with Gasteiger partial charge in [0.2, 0.25) is 5.82 Å². The van der Waals surface area contributed by atoms with Crippen LogP contribution in [0.4, 0.5) is 13.2 Å². The first-order valence-corrected chi connectivity index (χ1v) is 9.11. The third-order valence-electron chi connectivity index (χ3n) is 3.89. The van der Waals surface area contributed by atoms with Crippen molar-refractivity contribution in [2.24, 2.45) is 0 Å². The highest BCUT2D eigenvalue weighted by Crippen LogP contribution is 2.38. The van der Waals surface area contributed by atoms with Crippen molar-refractivity contribution in [3.63, 3.8) is 0 Å². The van der Waals surface area contributed by atoms with Crippen LogP contribution in [0, 0.1) is 17.5 Å². The summed E-state index contributed by atoms with van der Waals surface area (Å²) in [5.74, 6) is -3.20. The molecule has 6 heteroatoms. The highest BCUT2D eigenvalue weighted by Gasteiger charge is 2.20. The summed E-state index contributed by atoms with van der Waals surface area (Å²) in [7, 11) is 0. The summed E-state index contributed by atoms with van der Waals surface area (Å²) >= 11 is 6.04. The van der Waals surface area contributed by atoms with Crippen LogP contribution in [0.25, 0.3) is 11.1 Å². The minimum atomic E-state index is -1.13. The summed E-state index contributed by atoms with van der Waals surface area (Å²) < 4.78 is 53.6. The Bertz CT molecular complexity index is 687. The van der Waals surface area contributed by atoms with E-state index in [1.54, 1.807) is 0 Å². The molecule has 0 aliphatic heterocycles. The van der Waals surface area contributed by atoms with E-state index in [1.807, 2.05) is 13.8 Å². The predicted molar refractivity (Wildman–Crippen MR) is 97.6 cm³/mol. The molecule has 0 saturated heterocycles. The van der Waals surface area contributed by atoms with E-state index in [9.17, 15) is 13.2 Å². The van der Waals surface area contributed by atoms with Gasteiger partial charge in [0.05, 0.1) is 18.2 Å². The van der Waals surface area contributed by atoms with Crippen molar-refractivity contribution in [1.29, 1.82) is 0 Å². The molecule has 0 atom stereocenters. The molecule has 142 valence electrons. The average molecular weight is 387 g/mol. The van der Waals surface area contributed by atoms with Crippen LogP contribution in [0.15, 0.2) is 24.3 Å². The zero-order valence-corrected chi connectivity index (χ0v) is 15.6. The number of rotatable bonds is 9. The molecule has 0 amide bonds. The van der Waals surface area contributed by atoms with Crippen LogP contribution in [0.5, 0.6) is 11.5 Å². The second kappa shape index (κ2) is 9.72. The van der Waals surface area contributed by atoms with Crippen molar-refractivity contribution >= 4 is 11.6 Å². The van der Waals surface area contributed by atoms with Crippen molar-refractivity contribution in [2.45, 2.75) is 39.5 Å². The van der Waals surface area contributed by atoms with E-state index in [-0.39, 0.29) is 27.6 Å². The summed E-state index contributed by atoms with van der Waals surface area (Å²) in [5.41, 5.74) is -0.0714. The third-order valence-corrected chi connectivity index (χ3v) is 4.26. The summed E-state index contributed by atoms with van der Waals surface area (Å²) in [6, 6.07) is 5.44. The molecule has 0 aliphatic rings. The monoisotopic (exact) mass is 386 g/mol. The minimum absolute atomic E-state index is 0.00685. The van der Waals surface area contributed by atoms with E-state index < -0.39 is 17.5 Å².